The van der Waals surface area contributed by atoms with Crippen molar-refractivity contribution in [1.82, 2.24) is 10.2 Å². The summed E-state index contributed by atoms with van der Waals surface area (Å²) in [5.41, 5.74) is 6.75. The number of hydrogen-bond donors (Lipinski definition) is 3. The molecule has 1 aromatic rings. The quantitative estimate of drug-likeness (QED) is 0.562. The first-order valence-electron chi connectivity index (χ1n) is 9.23. The Hall–Kier alpha value is -1.97. The summed E-state index contributed by atoms with van der Waals surface area (Å²) < 4.78 is 38.2. The van der Waals surface area contributed by atoms with Crippen LogP contribution in [0.15, 0.2) is 30.3 Å². The van der Waals surface area contributed by atoms with Gasteiger partial charge in [0, 0.05) is 12.6 Å². The molecule has 1 aliphatic heterocycles. The van der Waals surface area contributed by atoms with Crippen molar-refractivity contribution in [3.63, 3.8) is 0 Å². The van der Waals surface area contributed by atoms with Crippen molar-refractivity contribution >= 4 is 12.2 Å². The number of alkyl halides is 3. The van der Waals surface area contributed by atoms with Crippen LogP contribution in [0.5, 0.6) is 0 Å². The Bertz CT molecular complexity index is 634. The molecule has 2 rings (SSSR count). The van der Waals surface area contributed by atoms with Crippen LogP contribution in [0.1, 0.15) is 18.4 Å². The van der Waals surface area contributed by atoms with E-state index in [1.54, 1.807) is 4.90 Å². The minimum Gasteiger partial charge on any atom is -0.382 e. The molecule has 0 saturated carbocycles. The third-order valence-corrected chi connectivity index (χ3v) is 4.99. The first-order valence-corrected chi connectivity index (χ1v) is 9.23. The van der Waals surface area contributed by atoms with E-state index in [-0.39, 0.29) is 38.9 Å². The molecule has 1 aliphatic rings. The molecule has 1 fully saturated rings. The number of rotatable bonds is 8. The van der Waals surface area contributed by atoms with Crippen LogP contribution in [0.3, 0.4) is 0 Å². The van der Waals surface area contributed by atoms with Crippen LogP contribution < -0.4 is 11.1 Å². The van der Waals surface area contributed by atoms with E-state index < -0.39 is 36.2 Å². The molecule has 2 unspecified atom stereocenters. The number of nitrogens with one attached hydrogen (secondary N) is 1. The molecule has 9 heteroatoms. The van der Waals surface area contributed by atoms with Gasteiger partial charge in [-0.2, -0.15) is 13.2 Å². The molecular weight excluding hydrogens is 375 g/mol. The van der Waals surface area contributed by atoms with Gasteiger partial charge in [-0.15, -0.1) is 0 Å². The highest BCUT2D eigenvalue weighted by Gasteiger charge is 2.41. The Kier molecular flexibility index (Phi) is 7.97. The van der Waals surface area contributed by atoms with Crippen LogP contribution in [-0.4, -0.2) is 66.2 Å². The lowest BCUT2D eigenvalue weighted by Gasteiger charge is -2.34. The topological polar surface area (TPSA) is 95.7 Å². The molecule has 4 N–H and O–H groups in total. The van der Waals surface area contributed by atoms with E-state index in [9.17, 15) is 27.9 Å². The maximum absolute atomic E-state index is 12.7. The number of aliphatic hydroxyl groups is 1. The molecule has 0 spiro atoms. The Balaban J connectivity index is 1.81. The summed E-state index contributed by atoms with van der Waals surface area (Å²) in [6.07, 6.45) is -4.97. The van der Waals surface area contributed by atoms with Gasteiger partial charge >= 0.3 is 6.18 Å². The number of hydrogen-bond acceptors (Lipinski definition) is 5. The zero-order valence-electron chi connectivity index (χ0n) is 15.4. The predicted octanol–water partition coefficient (Wildman–Crippen LogP) is 0.875. The number of nitrogens with two attached hydrogens (primary N) is 1. The van der Waals surface area contributed by atoms with Gasteiger partial charge in [0.1, 0.15) is 12.4 Å². The molecule has 0 bridgehead atoms. The fourth-order valence-electron chi connectivity index (χ4n) is 3.30. The van der Waals surface area contributed by atoms with Crippen molar-refractivity contribution in [3.05, 3.63) is 35.9 Å². The molecule has 0 radical (unpaired) electrons. The van der Waals surface area contributed by atoms with E-state index in [0.717, 1.165) is 5.56 Å². The molecule has 1 heterocycles. The second kappa shape index (κ2) is 9.99. The van der Waals surface area contributed by atoms with Gasteiger partial charge in [0.25, 0.3) is 5.91 Å². The van der Waals surface area contributed by atoms with Gasteiger partial charge in [-0.1, -0.05) is 30.3 Å². The molecule has 3 atom stereocenters. The summed E-state index contributed by atoms with van der Waals surface area (Å²) in [6.45, 7) is 0.487. The van der Waals surface area contributed by atoms with Gasteiger partial charge in [-0.25, -0.2) is 0 Å². The lowest BCUT2D eigenvalue weighted by atomic mass is 9.96. The average molecular weight is 401 g/mol. The number of aldehydes is 1. The summed E-state index contributed by atoms with van der Waals surface area (Å²) in [5, 5.41) is 12.6. The van der Waals surface area contributed by atoms with Crippen molar-refractivity contribution in [2.24, 2.45) is 11.7 Å². The zero-order valence-corrected chi connectivity index (χ0v) is 15.4. The van der Waals surface area contributed by atoms with E-state index in [4.69, 9.17) is 5.73 Å². The molecule has 156 valence electrons. The average Bonchev–Trinajstić information content (AvgIpc) is 2.67. The van der Waals surface area contributed by atoms with Gasteiger partial charge in [0.2, 0.25) is 0 Å². The Morgan fingerprint density at radius 3 is 2.43 bits per heavy atom. The number of nitrogens with zero attached hydrogens (tertiary/aromatic N) is 1. The number of amides is 1. The molecule has 1 saturated heterocycles. The van der Waals surface area contributed by atoms with Crippen LogP contribution in [-0.2, 0) is 16.0 Å². The number of aliphatic hydroxyl groups excluding tert-OH is 1. The second-order valence-corrected chi connectivity index (χ2v) is 7.17. The molecule has 28 heavy (non-hydrogen) atoms. The predicted molar refractivity (Wildman–Crippen MR) is 97.3 cm³/mol. The SMILES string of the molecule is NC(Cc1ccccc1)C(O)C(=O)N[C@H](C=O)CN1CCC(C(F)(F)F)CC1. The van der Waals surface area contributed by atoms with E-state index in [2.05, 4.69) is 5.32 Å². The highest BCUT2D eigenvalue weighted by molar-refractivity contribution is 5.84. The van der Waals surface area contributed by atoms with Gasteiger partial charge in [-0.05, 0) is 37.9 Å². The molecule has 1 amide bonds. The number of carbonyl (C=O) groups excluding carboxylic acids is 2. The summed E-state index contributed by atoms with van der Waals surface area (Å²) in [6, 6.07) is 7.35. The van der Waals surface area contributed by atoms with Crippen molar-refractivity contribution in [3.8, 4) is 0 Å². The van der Waals surface area contributed by atoms with Crippen molar-refractivity contribution < 1.29 is 27.9 Å². The minimum absolute atomic E-state index is 0.0341. The second-order valence-electron chi connectivity index (χ2n) is 7.17. The third kappa shape index (κ3) is 6.57. The highest BCUT2D eigenvalue weighted by atomic mass is 19.4. The smallest absolute Gasteiger partial charge is 0.382 e. The van der Waals surface area contributed by atoms with E-state index in [1.165, 1.54) is 0 Å². The number of halogens is 3. The Morgan fingerprint density at radius 2 is 1.89 bits per heavy atom. The molecule has 1 aromatic carbocycles. The summed E-state index contributed by atoms with van der Waals surface area (Å²) in [5.74, 6) is -2.10. The number of benzene rings is 1. The van der Waals surface area contributed by atoms with Crippen LogP contribution in [0.2, 0.25) is 0 Å². The summed E-state index contributed by atoms with van der Waals surface area (Å²) in [7, 11) is 0. The zero-order chi connectivity index (χ0) is 20.7. The molecule has 0 aliphatic carbocycles. The van der Waals surface area contributed by atoms with Gasteiger partial charge < -0.3 is 25.9 Å². The number of carbonyl (C=O) groups is 2. The maximum atomic E-state index is 12.7. The van der Waals surface area contributed by atoms with Crippen LogP contribution in [0, 0.1) is 5.92 Å². The Labute approximate surface area is 161 Å². The summed E-state index contributed by atoms with van der Waals surface area (Å²) in [4.78, 5) is 25.2. The normalized spacial score (nSPS) is 19.6. The molecule has 0 aromatic heterocycles. The van der Waals surface area contributed by atoms with Crippen LogP contribution >= 0.6 is 0 Å². The standard InChI is InChI=1S/C19H26F3N3O3/c20-19(21,22)14-6-8-25(9-7-14)11-15(12-26)24-18(28)17(27)16(23)10-13-4-2-1-3-5-13/h1-5,12,14-17,27H,6-11,23H2,(H,24,28)/t15-,16?,17?/m0/s1. The number of piperidine rings is 1. The first-order chi connectivity index (χ1) is 13.2. The minimum atomic E-state index is -4.20. The lowest BCUT2D eigenvalue weighted by Crippen LogP contribution is -2.53. The first kappa shape index (κ1) is 22.3. The van der Waals surface area contributed by atoms with Gasteiger partial charge in [-0.3, -0.25) is 4.79 Å². The third-order valence-electron chi connectivity index (χ3n) is 4.99. The largest absolute Gasteiger partial charge is 0.391 e. The van der Waals surface area contributed by atoms with E-state index >= 15 is 0 Å². The fourth-order valence-corrected chi connectivity index (χ4v) is 3.30. The fraction of sp³-hybridized carbons (Fsp3) is 0.579. The Morgan fingerprint density at radius 1 is 1.29 bits per heavy atom. The van der Waals surface area contributed by atoms with Crippen LogP contribution in [0.25, 0.3) is 0 Å². The monoisotopic (exact) mass is 401 g/mol. The number of likely N-dealkylation sites (tertiary alicyclic amines) is 1. The van der Waals surface area contributed by atoms with E-state index in [0.29, 0.717) is 6.29 Å². The maximum Gasteiger partial charge on any atom is 0.391 e. The molecular formula is C19H26F3N3O3. The molecule has 6 nitrogen and oxygen atoms in total. The highest BCUT2D eigenvalue weighted by Crippen LogP contribution is 2.33. The summed E-state index contributed by atoms with van der Waals surface area (Å²) >= 11 is 0. The van der Waals surface area contributed by atoms with Crippen LogP contribution in [0.4, 0.5) is 13.2 Å². The van der Waals surface area contributed by atoms with Crippen molar-refractivity contribution in [2.75, 3.05) is 19.6 Å². The lowest BCUT2D eigenvalue weighted by molar-refractivity contribution is -0.185. The van der Waals surface area contributed by atoms with E-state index in [1.807, 2.05) is 30.3 Å². The van der Waals surface area contributed by atoms with Gasteiger partial charge in [0.05, 0.1) is 12.0 Å². The van der Waals surface area contributed by atoms with Gasteiger partial charge in [0.15, 0.2) is 0 Å². The van der Waals surface area contributed by atoms with Crippen molar-refractivity contribution in [1.29, 1.82) is 0 Å². The van der Waals surface area contributed by atoms with Crippen molar-refractivity contribution in [2.45, 2.75) is 43.6 Å².